The number of rotatable bonds is 5. The number of hydrogen-bond donors (Lipinski definition) is 1. The summed E-state index contributed by atoms with van der Waals surface area (Å²) < 4.78 is 5.39. The summed E-state index contributed by atoms with van der Waals surface area (Å²) in [6.07, 6.45) is 3.84. The molecule has 2 rings (SSSR count). The van der Waals surface area contributed by atoms with Crippen LogP contribution in [0, 0.1) is 0 Å². The van der Waals surface area contributed by atoms with Crippen LogP contribution in [0.3, 0.4) is 0 Å². The molecule has 1 atom stereocenters. The van der Waals surface area contributed by atoms with E-state index in [0.717, 1.165) is 31.6 Å². The average Bonchev–Trinajstić information content (AvgIpc) is 2.49. The highest BCUT2D eigenvalue weighted by atomic mass is 16.5. The second-order valence-corrected chi connectivity index (χ2v) is 5.12. The Bertz CT molecular complexity index is 428. The Morgan fingerprint density at radius 3 is 2.75 bits per heavy atom. The van der Waals surface area contributed by atoms with Gasteiger partial charge in [0.1, 0.15) is 5.75 Å². The second kappa shape index (κ2) is 7.29. The summed E-state index contributed by atoms with van der Waals surface area (Å²) in [5, 5.41) is 9.13. The lowest BCUT2D eigenvalue weighted by Crippen LogP contribution is -2.44. The van der Waals surface area contributed by atoms with Gasteiger partial charge in [-0.05, 0) is 56.9 Å². The van der Waals surface area contributed by atoms with Crippen molar-refractivity contribution in [1.29, 1.82) is 0 Å². The number of carbonyl (C=O) groups excluding carboxylic acids is 1. The summed E-state index contributed by atoms with van der Waals surface area (Å²) in [6, 6.07) is 7.48. The zero-order valence-corrected chi connectivity index (χ0v) is 12.0. The van der Waals surface area contributed by atoms with Crippen LogP contribution in [-0.4, -0.2) is 41.7 Å². The molecule has 4 nitrogen and oxygen atoms in total. The van der Waals surface area contributed by atoms with E-state index in [4.69, 9.17) is 9.84 Å². The highest BCUT2D eigenvalue weighted by molar-refractivity contribution is 5.94. The van der Waals surface area contributed by atoms with Gasteiger partial charge in [0, 0.05) is 24.8 Å². The summed E-state index contributed by atoms with van der Waals surface area (Å²) >= 11 is 0. The van der Waals surface area contributed by atoms with Crippen molar-refractivity contribution in [3.05, 3.63) is 29.8 Å². The van der Waals surface area contributed by atoms with Crippen LogP contribution >= 0.6 is 0 Å². The fourth-order valence-corrected chi connectivity index (χ4v) is 2.74. The lowest BCUT2D eigenvalue weighted by molar-refractivity contribution is 0.0574. The van der Waals surface area contributed by atoms with Gasteiger partial charge < -0.3 is 14.7 Å². The van der Waals surface area contributed by atoms with Crippen molar-refractivity contribution in [3.8, 4) is 5.75 Å². The number of ether oxygens (including phenoxy) is 1. The average molecular weight is 277 g/mol. The number of amides is 1. The third kappa shape index (κ3) is 3.51. The first kappa shape index (κ1) is 14.9. The quantitative estimate of drug-likeness (QED) is 0.899. The SMILES string of the molecule is CCOc1ccc(C(=O)N2CCCCC2CCO)cc1. The van der Waals surface area contributed by atoms with Gasteiger partial charge in [0.05, 0.1) is 6.61 Å². The minimum Gasteiger partial charge on any atom is -0.494 e. The molecule has 0 saturated carbocycles. The molecule has 0 aromatic heterocycles. The number of piperidine rings is 1. The van der Waals surface area contributed by atoms with Crippen LogP contribution in [-0.2, 0) is 0 Å². The Morgan fingerprint density at radius 1 is 1.35 bits per heavy atom. The summed E-state index contributed by atoms with van der Waals surface area (Å²) in [5.41, 5.74) is 0.693. The predicted octanol–water partition coefficient (Wildman–Crippen LogP) is 2.46. The molecule has 1 N–H and O–H groups in total. The molecule has 1 aromatic carbocycles. The Labute approximate surface area is 120 Å². The van der Waals surface area contributed by atoms with E-state index in [1.165, 1.54) is 0 Å². The summed E-state index contributed by atoms with van der Waals surface area (Å²) in [6.45, 7) is 3.48. The van der Waals surface area contributed by atoms with Crippen LogP contribution in [0.25, 0.3) is 0 Å². The number of hydrogen-bond acceptors (Lipinski definition) is 3. The van der Waals surface area contributed by atoms with Crippen molar-refractivity contribution in [3.63, 3.8) is 0 Å². The van der Waals surface area contributed by atoms with E-state index in [-0.39, 0.29) is 18.6 Å². The molecule has 1 unspecified atom stereocenters. The molecule has 1 fully saturated rings. The zero-order valence-electron chi connectivity index (χ0n) is 12.0. The summed E-state index contributed by atoms with van der Waals surface area (Å²) in [5.74, 6) is 0.848. The molecule has 1 saturated heterocycles. The number of aliphatic hydroxyl groups is 1. The molecule has 110 valence electrons. The summed E-state index contributed by atoms with van der Waals surface area (Å²) in [4.78, 5) is 14.5. The van der Waals surface area contributed by atoms with Gasteiger partial charge in [-0.15, -0.1) is 0 Å². The van der Waals surface area contributed by atoms with Crippen molar-refractivity contribution >= 4 is 5.91 Å². The number of likely N-dealkylation sites (tertiary alicyclic amines) is 1. The Morgan fingerprint density at radius 2 is 2.10 bits per heavy atom. The van der Waals surface area contributed by atoms with Crippen molar-refractivity contribution in [2.75, 3.05) is 19.8 Å². The third-order valence-corrected chi connectivity index (χ3v) is 3.76. The molecule has 4 heteroatoms. The maximum absolute atomic E-state index is 12.6. The molecular formula is C16H23NO3. The van der Waals surface area contributed by atoms with E-state index in [0.29, 0.717) is 18.6 Å². The van der Waals surface area contributed by atoms with Gasteiger partial charge in [0.15, 0.2) is 0 Å². The predicted molar refractivity (Wildman–Crippen MR) is 78.0 cm³/mol. The van der Waals surface area contributed by atoms with Crippen molar-refractivity contribution < 1.29 is 14.6 Å². The molecular weight excluding hydrogens is 254 g/mol. The summed E-state index contributed by atoms with van der Waals surface area (Å²) in [7, 11) is 0. The molecule has 1 heterocycles. The Hall–Kier alpha value is -1.55. The first-order chi connectivity index (χ1) is 9.76. The van der Waals surface area contributed by atoms with Crippen LogP contribution in [0.4, 0.5) is 0 Å². The standard InChI is InChI=1S/C16H23NO3/c1-2-20-15-8-6-13(7-9-15)16(19)17-11-4-3-5-14(17)10-12-18/h6-9,14,18H,2-5,10-12H2,1H3. The minimum absolute atomic E-state index is 0.0613. The molecule has 1 aliphatic heterocycles. The van der Waals surface area contributed by atoms with Gasteiger partial charge >= 0.3 is 0 Å². The molecule has 0 aliphatic carbocycles. The Kier molecular flexibility index (Phi) is 5.41. The van der Waals surface area contributed by atoms with E-state index in [1.54, 1.807) is 0 Å². The number of aliphatic hydroxyl groups excluding tert-OH is 1. The molecule has 0 radical (unpaired) electrons. The van der Waals surface area contributed by atoms with Gasteiger partial charge in [0.2, 0.25) is 0 Å². The topological polar surface area (TPSA) is 49.8 Å². The van der Waals surface area contributed by atoms with E-state index in [1.807, 2.05) is 36.1 Å². The van der Waals surface area contributed by atoms with E-state index < -0.39 is 0 Å². The molecule has 0 bridgehead atoms. The Balaban J connectivity index is 2.08. The number of benzene rings is 1. The lowest BCUT2D eigenvalue weighted by atomic mass is 9.98. The molecule has 20 heavy (non-hydrogen) atoms. The van der Waals surface area contributed by atoms with Crippen molar-refractivity contribution in [2.24, 2.45) is 0 Å². The van der Waals surface area contributed by atoms with Crippen LogP contribution in [0.2, 0.25) is 0 Å². The van der Waals surface area contributed by atoms with Crippen molar-refractivity contribution in [2.45, 2.75) is 38.6 Å². The van der Waals surface area contributed by atoms with Gasteiger partial charge in [-0.1, -0.05) is 0 Å². The van der Waals surface area contributed by atoms with E-state index >= 15 is 0 Å². The smallest absolute Gasteiger partial charge is 0.254 e. The van der Waals surface area contributed by atoms with Crippen LogP contribution in [0.1, 0.15) is 43.0 Å². The van der Waals surface area contributed by atoms with Crippen LogP contribution in [0.15, 0.2) is 24.3 Å². The first-order valence-electron chi connectivity index (χ1n) is 7.41. The molecule has 0 spiro atoms. The largest absolute Gasteiger partial charge is 0.494 e. The molecule has 1 aliphatic rings. The fourth-order valence-electron chi connectivity index (χ4n) is 2.74. The minimum atomic E-state index is 0.0613. The van der Waals surface area contributed by atoms with Crippen molar-refractivity contribution in [1.82, 2.24) is 4.90 Å². The van der Waals surface area contributed by atoms with E-state index in [2.05, 4.69) is 0 Å². The maximum Gasteiger partial charge on any atom is 0.254 e. The number of nitrogens with zero attached hydrogens (tertiary/aromatic N) is 1. The highest BCUT2D eigenvalue weighted by Crippen LogP contribution is 2.22. The van der Waals surface area contributed by atoms with E-state index in [9.17, 15) is 4.79 Å². The maximum atomic E-state index is 12.6. The molecule has 1 aromatic rings. The van der Waals surface area contributed by atoms with Gasteiger partial charge in [-0.3, -0.25) is 4.79 Å². The fraction of sp³-hybridized carbons (Fsp3) is 0.562. The highest BCUT2D eigenvalue weighted by Gasteiger charge is 2.26. The second-order valence-electron chi connectivity index (χ2n) is 5.12. The first-order valence-corrected chi connectivity index (χ1v) is 7.41. The normalized spacial score (nSPS) is 18.9. The van der Waals surface area contributed by atoms with Gasteiger partial charge in [-0.2, -0.15) is 0 Å². The van der Waals surface area contributed by atoms with Gasteiger partial charge in [0.25, 0.3) is 5.91 Å². The molecule has 1 amide bonds. The monoisotopic (exact) mass is 277 g/mol. The number of carbonyl (C=O) groups is 1. The zero-order chi connectivity index (χ0) is 14.4. The van der Waals surface area contributed by atoms with Crippen LogP contribution < -0.4 is 4.74 Å². The third-order valence-electron chi connectivity index (χ3n) is 3.76. The van der Waals surface area contributed by atoms with Crippen LogP contribution in [0.5, 0.6) is 5.75 Å². The van der Waals surface area contributed by atoms with Gasteiger partial charge in [-0.25, -0.2) is 0 Å². The lowest BCUT2D eigenvalue weighted by Gasteiger charge is -2.35.